The van der Waals surface area contributed by atoms with E-state index in [-0.39, 0.29) is 26.9 Å². The first kappa shape index (κ1) is 23.1. The van der Waals surface area contributed by atoms with Crippen LogP contribution in [0.3, 0.4) is 0 Å². The second-order valence-electron chi connectivity index (χ2n) is 7.16. The highest BCUT2D eigenvalue weighted by atomic mass is 35.5. The lowest BCUT2D eigenvalue weighted by molar-refractivity contribution is -0.132. The lowest BCUT2D eigenvalue weighted by Gasteiger charge is -2.25. The fourth-order valence-corrected chi connectivity index (χ4v) is 4.16. The number of anilines is 1. The summed E-state index contributed by atoms with van der Waals surface area (Å²) in [6.07, 6.45) is 0. The molecule has 9 heteroatoms. The Morgan fingerprint density at radius 1 is 0.970 bits per heavy atom. The van der Waals surface area contributed by atoms with E-state index in [1.165, 1.54) is 31.4 Å². The summed E-state index contributed by atoms with van der Waals surface area (Å²) in [5.41, 5.74) is 0.585. The fourth-order valence-electron chi connectivity index (χ4n) is 3.65. The molecule has 1 aliphatic heterocycles. The largest absolute Gasteiger partial charge is 0.507 e. The quantitative estimate of drug-likeness (QED) is 0.252. The van der Waals surface area contributed by atoms with Gasteiger partial charge in [-0.2, -0.15) is 0 Å². The number of aliphatic hydroxyl groups is 1. The van der Waals surface area contributed by atoms with Crippen molar-refractivity contribution in [3.05, 3.63) is 98.2 Å². The summed E-state index contributed by atoms with van der Waals surface area (Å²) in [5.74, 6) is -2.62. The second kappa shape index (κ2) is 9.06. The number of amides is 1. The zero-order valence-electron chi connectivity index (χ0n) is 17.0. The Balaban J connectivity index is 1.98. The molecule has 0 aliphatic carbocycles. The first-order valence-corrected chi connectivity index (χ1v) is 10.7. The lowest BCUT2D eigenvalue weighted by Crippen LogP contribution is -2.29. The highest BCUT2D eigenvalue weighted by molar-refractivity contribution is 6.52. The van der Waals surface area contributed by atoms with Gasteiger partial charge in [-0.05, 0) is 54.1 Å². The van der Waals surface area contributed by atoms with Crippen molar-refractivity contribution in [3.63, 3.8) is 0 Å². The third-order valence-corrected chi connectivity index (χ3v) is 6.11. The molecule has 0 spiro atoms. The van der Waals surface area contributed by atoms with E-state index in [9.17, 15) is 19.1 Å². The number of hydrogen-bond donors (Lipinski definition) is 1. The predicted octanol–water partition coefficient (Wildman–Crippen LogP) is 6.42. The van der Waals surface area contributed by atoms with E-state index in [2.05, 4.69) is 0 Å². The van der Waals surface area contributed by atoms with E-state index >= 15 is 0 Å². The molecule has 3 aromatic rings. The smallest absolute Gasteiger partial charge is 0.300 e. The minimum atomic E-state index is -1.05. The van der Waals surface area contributed by atoms with Crippen LogP contribution in [-0.4, -0.2) is 23.9 Å². The van der Waals surface area contributed by atoms with Crippen LogP contribution in [-0.2, 0) is 9.59 Å². The number of ketones is 1. The van der Waals surface area contributed by atoms with Crippen LogP contribution in [0.25, 0.3) is 5.76 Å². The molecule has 0 saturated carbocycles. The highest BCUT2D eigenvalue weighted by Crippen LogP contribution is 2.44. The Morgan fingerprint density at radius 3 is 2.30 bits per heavy atom. The van der Waals surface area contributed by atoms with E-state index < -0.39 is 29.3 Å². The average molecular weight is 507 g/mol. The van der Waals surface area contributed by atoms with Gasteiger partial charge in [-0.1, -0.05) is 46.9 Å². The number of hydrogen-bond acceptors (Lipinski definition) is 4. The molecular formula is C24H15Cl3FNO4. The zero-order chi connectivity index (χ0) is 23.9. The zero-order valence-corrected chi connectivity index (χ0v) is 19.2. The summed E-state index contributed by atoms with van der Waals surface area (Å²) in [4.78, 5) is 27.4. The maximum absolute atomic E-state index is 13.8. The molecule has 1 saturated heterocycles. The molecule has 1 amide bonds. The van der Waals surface area contributed by atoms with Gasteiger partial charge in [-0.25, -0.2) is 4.39 Å². The van der Waals surface area contributed by atoms with Gasteiger partial charge in [-0.15, -0.1) is 0 Å². The van der Waals surface area contributed by atoms with E-state index in [0.29, 0.717) is 16.3 Å². The van der Waals surface area contributed by atoms with Crippen LogP contribution in [0.5, 0.6) is 5.75 Å². The van der Waals surface area contributed by atoms with Gasteiger partial charge in [0.1, 0.15) is 17.3 Å². The number of aliphatic hydroxyl groups excluding tert-OH is 1. The van der Waals surface area contributed by atoms with Gasteiger partial charge in [0.2, 0.25) is 0 Å². The number of benzene rings is 3. The Kier molecular flexibility index (Phi) is 6.34. The predicted molar refractivity (Wildman–Crippen MR) is 126 cm³/mol. The number of carbonyl (C=O) groups excluding carboxylic acids is 2. The van der Waals surface area contributed by atoms with Crippen molar-refractivity contribution in [2.75, 3.05) is 12.0 Å². The van der Waals surface area contributed by atoms with Crippen molar-refractivity contribution < 1.29 is 23.8 Å². The number of rotatable bonds is 4. The SMILES string of the molecule is COc1ccc(Cl)c(/C(O)=C2\C(=O)C(=O)N(c3ccc(F)c(Cl)c3)C2c2ccc(Cl)cc2)c1. The fraction of sp³-hybridized carbons (Fsp3) is 0.0833. The summed E-state index contributed by atoms with van der Waals surface area (Å²) in [6, 6.07) is 13.6. The van der Waals surface area contributed by atoms with Crippen molar-refractivity contribution >= 4 is 57.9 Å². The maximum atomic E-state index is 13.8. The number of nitrogens with zero attached hydrogens (tertiary/aromatic N) is 1. The molecular weight excluding hydrogens is 492 g/mol. The molecule has 5 nitrogen and oxygen atoms in total. The third-order valence-electron chi connectivity index (χ3n) is 5.24. The minimum absolute atomic E-state index is 0.116. The molecule has 33 heavy (non-hydrogen) atoms. The van der Waals surface area contributed by atoms with Crippen molar-refractivity contribution in [1.29, 1.82) is 0 Å². The van der Waals surface area contributed by atoms with Gasteiger partial charge in [0.05, 0.1) is 28.8 Å². The molecule has 3 aromatic carbocycles. The number of methoxy groups -OCH3 is 1. The molecule has 0 bridgehead atoms. The monoisotopic (exact) mass is 505 g/mol. The third kappa shape index (κ3) is 4.17. The molecule has 1 fully saturated rings. The lowest BCUT2D eigenvalue weighted by atomic mass is 9.95. The highest BCUT2D eigenvalue weighted by Gasteiger charge is 2.47. The van der Waals surface area contributed by atoms with Crippen LogP contribution >= 0.6 is 34.8 Å². The number of halogens is 4. The Bertz CT molecular complexity index is 1310. The van der Waals surface area contributed by atoms with Crippen molar-refractivity contribution in [3.8, 4) is 5.75 Å². The molecule has 1 aliphatic rings. The molecule has 4 rings (SSSR count). The number of ether oxygens (including phenoxy) is 1. The van der Waals surface area contributed by atoms with Crippen LogP contribution in [0, 0.1) is 5.82 Å². The molecule has 0 aromatic heterocycles. The topological polar surface area (TPSA) is 66.8 Å². The second-order valence-corrected chi connectivity index (χ2v) is 8.42. The molecule has 0 radical (unpaired) electrons. The molecule has 1 heterocycles. The normalized spacial score (nSPS) is 17.5. The molecule has 1 atom stereocenters. The van der Waals surface area contributed by atoms with E-state index in [4.69, 9.17) is 39.5 Å². The van der Waals surface area contributed by atoms with Crippen molar-refractivity contribution in [2.24, 2.45) is 0 Å². The van der Waals surface area contributed by atoms with Crippen LogP contribution < -0.4 is 9.64 Å². The minimum Gasteiger partial charge on any atom is -0.507 e. The molecule has 1 N–H and O–H groups in total. The number of carbonyl (C=O) groups is 2. The molecule has 1 unspecified atom stereocenters. The van der Waals surface area contributed by atoms with Crippen molar-refractivity contribution in [1.82, 2.24) is 0 Å². The van der Waals surface area contributed by atoms with Gasteiger partial charge < -0.3 is 9.84 Å². The maximum Gasteiger partial charge on any atom is 0.300 e. The van der Waals surface area contributed by atoms with Crippen molar-refractivity contribution in [2.45, 2.75) is 6.04 Å². The standard InChI is InChI=1S/C24H15Cl3FNO4/c1-33-15-7-8-17(26)16(11-15)22(30)20-21(12-2-4-13(25)5-3-12)29(24(32)23(20)31)14-6-9-19(28)18(27)10-14/h2-11,21,30H,1H3/b22-20+. The first-order valence-electron chi connectivity index (χ1n) is 9.58. The van der Waals surface area contributed by atoms with E-state index in [1.54, 1.807) is 30.3 Å². The van der Waals surface area contributed by atoms with Gasteiger partial charge in [-0.3, -0.25) is 14.5 Å². The summed E-state index contributed by atoms with van der Waals surface area (Å²) in [6.45, 7) is 0. The van der Waals surface area contributed by atoms with E-state index in [1.807, 2.05) is 0 Å². The Morgan fingerprint density at radius 2 is 1.67 bits per heavy atom. The van der Waals surface area contributed by atoms with Gasteiger partial charge >= 0.3 is 0 Å². The van der Waals surface area contributed by atoms with E-state index in [0.717, 1.165) is 11.0 Å². The summed E-state index contributed by atoms with van der Waals surface area (Å²) >= 11 is 18.2. The summed E-state index contributed by atoms with van der Waals surface area (Å²) < 4.78 is 19.0. The van der Waals surface area contributed by atoms with Crippen LogP contribution in [0.4, 0.5) is 10.1 Å². The Labute approximate surface area is 203 Å². The average Bonchev–Trinajstić information content (AvgIpc) is 3.06. The van der Waals surface area contributed by atoms with Crippen LogP contribution in [0.15, 0.2) is 66.2 Å². The van der Waals surface area contributed by atoms with Gasteiger partial charge in [0.15, 0.2) is 0 Å². The summed E-state index contributed by atoms with van der Waals surface area (Å²) in [7, 11) is 1.44. The first-order chi connectivity index (χ1) is 15.7. The summed E-state index contributed by atoms with van der Waals surface area (Å²) in [5, 5.41) is 11.6. The van der Waals surface area contributed by atoms with Gasteiger partial charge in [0.25, 0.3) is 11.7 Å². The number of Topliss-reactive ketones (excluding diaryl/α,β-unsaturated/α-hetero) is 1. The van der Waals surface area contributed by atoms with Crippen LogP contribution in [0.2, 0.25) is 15.1 Å². The Hall–Kier alpha value is -3.06. The molecule has 168 valence electrons. The van der Waals surface area contributed by atoms with Crippen LogP contribution in [0.1, 0.15) is 17.2 Å². The van der Waals surface area contributed by atoms with Gasteiger partial charge in [0, 0.05) is 16.3 Å².